The molecule has 3 nitrogen and oxygen atoms in total. The van der Waals surface area contributed by atoms with Crippen molar-refractivity contribution in [2.24, 2.45) is 0 Å². The van der Waals surface area contributed by atoms with E-state index < -0.39 is 6.36 Å². The van der Waals surface area contributed by atoms with Crippen molar-refractivity contribution in [1.29, 1.82) is 0 Å². The predicted octanol–water partition coefficient (Wildman–Crippen LogP) is 3.75. The summed E-state index contributed by atoms with van der Waals surface area (Å²) in [6, 6.07) is 13.2. The highest BCUT2D eigenvalue weighted by molar-refractivity contribution is 5.79. The van der Waals surface area contributed by atoms with Crippen LogP contribution < -0.4 is 10.1 Å². The molecular formula is C17H16F3NO2. The van der Waals surface area contributed by atoms with Gasteiger partial charge < -0.3 is 10.1 Å². The SMILES string of the molecule is Cc1ccccc1CC(=O)NCc1ccccc1OC(F)(F)F. The van der Waals surface area contributed by atoms with Crippen molar-refractivity contribution in [3.8, 4) is 5.75 Å². The molecule has 2 aromatic rings. The average Bonchev–Trinajstić information content (AvgIpc) is 2.47. The van der Waals surface area contributed by atoms with Crippen molar-refractivity contribution >= 4 is 5.91 Å². The van der Waals surface area contributed by atoms with Gasteiger partial charge in [0, 0.05) is 12.1 Å². The number of hydrogen-bond acceptors (Lipinski definition) is 2. The lowest BCUT2D eigenvalue weighted by Gasteiger charge is -2.13. The van der Waals surface area contributed by atoms with Crippen LogP contribution in [0.3, 0.4) is 0 Å². The number of carbonyl (C=O) groups excluding carboxylic acids is 1. The first kappa shape index (κ1) is 16.9. The molecule has 0 atom stereocenters. The summed E-state index contributed by atoms with van der Waals surface area (Å²) < 4.78 is 41.0. The molecule has 122 valence electrons. The highest BCUT2D eigenvalue weighted by atomic mass is 19.4. The maximum Gasteiger partial charge on any atom is 0.573 e. The van der Waals surface area contributed by atoms with Crippen molar-refractivity contribution in [2.75, 3.05) is 0 Å². The van der Waals surface area contributed by atoms with Gasteiger partial charge in [0.2, 0.25) is 5.91 Å². The Morgan fingerprint density at radius 1 is 1.04 bits per heavy atom. The fourth-order valence-electron chi connectivity index (χ4n) is 2.11. The highest BCUT2D eigenvalue weighted by Crippen LogP contribution is 2.26. The van der Waals surface area contributed by atoms with Crippen LogP contribution in [0.4, 0.5) is 13.2 Å². The lowest BCUT2D eigenvalue weighted by atomic mass is 10.1. The van der Waals surface area contributed by atoms with Crippen LogP contribution in [-0.2, 0) is 17.8 Å². The molecule has 0 fully saturated rings. The Balaban J connectivity index is 1.98. The summed E-state index contributed by atoms with van der Waals surface area (Å²) in [5.41, 5.74) is 2.14. The maximum absolute atomic E-state index is 12.3. The molecule has 0 aliphatic rings. The molecule has 6 heteroatoms. The van der Waals surface area contributed by atoms with Crippen LogP contribution in [0.25, 0.3) is 0 Å². The van der Waals surface area contributed by atoms with Gasteiger partial charge in [-0.15, -0.1) is 13.2 Å². The monoisotopic (exact) mass is 323 g/mol. The third kappa shape index (κ3) is 5.32. The fraction of sp³-hybridized carbons (Fsp3) is 0.235. The topological polar surface area (TPSA) is 38.3 Å². The maximum atomic E-state index is 12.3. The second-order valence-corrected chi connectivity index (χ2v) is 5.04. The van der Waals surface area contributed by atoms with Crippen LogP contribution >= 0.6 is 0 Å². The standard InChI is InChI=1S/C17H16F3NO2/c1-12-6-2-3-7-13(12)10-16(22)21-11-14-8-4-5-9-15(14)23-17(18,19)20/h2-9H,10-11H2,1H3,(H,21,22). The number of ether oxygens (including phenoxy) is 1. The van der Waals surface area contributed by atoms with Crippen molar-refractivity contribution in [3.63, 3.8) is 0 Å². The molecule has 0 aromatic heterocycles. The highest BCUT2D eigenvalue weighted by Gasteiger charge is 2.31. The Bertz CT molecular complexity index is 684. The lowest BCUT2D eigenvalue weighted by molar-refractivity contribution is -0.274. The number of rotatable bonds is 5. The molecule has 0 saturated carbocycles. The minimum absolute atomic E-state index is 0.0308. The Labute approximate surface area is 132 Å². The van der Waals surface area contributed by atoms with Crippen molar-refractivity contribution in [1.82, 2.24) is 5.32 Å². The Hall–Kier alpha value is -2.50. The normalized spacial score (nSPS) is 11.1. The quantitative estimate of drug-likeness (QED) is 0.910. The van der Waals surface area contributed by atoms with Gasteiger partial charge in [-0.2, -0.15) is 0 Å². The number of alkyl halides is 3. The summed E-state index contributed by atoms with van der Waals surface area (Å²) in [6.07, 6.45) is -4.59. The van der Waals surface area contributed by atoms with Crippen LogP contribution in [0.1, 0.15) is 16.7 Å². The van der Waals surface area contributed by atoms with Gasteiger partial charge in [-0.3, -0.25) is 4.79 Å². The minimum Gasteiger partial charge on any atom is -0.405 e. The molecule has 0 aliphatic carbocycles. The number of hydrogen-bond donors (Lipinski definition) is 1. The van der Waals surface area contributed by atoms with Gasteiger partial charge in [0.15, 0.2) is 0 Å². The number of carbonyl (C=O) groups is 1. The molecule has 0 heterocycles. The molecule has 1 N–H and O–H groups in total. The zero-order chi connectivity index (χ0) is 16.9. The molecule has 0 radical (unpaired) electrons. The third-order valence-electron chi connectivity index (χ3n) is 3.29. The number of aryl methyl sites for hydroxylation is 1. The van der Waals surface area contributed by atoms with E-state index >= 15 is 0 Å². The summed E-state index contributed by atoms with van der Waals surface area (Å²) in [6.45, 7) is 1.87. The molecule has 0 saturated heterocycles. The number of nitrogens with one attached hydrogen (secondary N) is 1. The van der Waals surface area contributed by atoms with E-state index in [1.54, 1.807) is 6.07 Å². The van der Waals surface area contributed by atoms with E-state index in [2.05, 4.69) is 10.1 Å². The lowest BCUT2D eigenvalue weighted by Crippen LogP contribution is -2.26. The van der Waals surface area contributed by atoms with Crippen molar-refractivity contribution in [3.05, 3.63) is 65.2 Å². The van der Waals surface area contributed by atoms with Crippen molar-refractivity contribution < 1.29 is 22.7 Å². The smallest absolute Gasteiger partial charge is 0.405 e. The summed E-state index contributed by atoms with van der Waals surface area (Å²) in [4.78, 5) is 12.0. The second-order valence-electron chi connectivity index (χ2n) is 5.04. The summed E-state index contributed by atoms with van der Waals surface area (Å²) >= 11 is 0. The molecule has 0 spiro atoms. The third-order valence-corrected chi connectivity index (χ3v) is 3.29. The Morgan fingerprint density at radius 3 is 2.30 bits per heavy atom. The number of para-hydroxylation sites is 1. The molecule has 2 rings (SSSR count). The molecule has 2 aromatic carbocycles. The van der Waals surface area contributed by atoms with Crippen LogP contribution in [0.2, 0.25) is 0 Å². The zero-order valence-electron chi connectivity index (χ0n) is 12.5. The van der Waals surface area contributed by atoms with Crippen LogP contribution in [0.15, 0.2) is 48.5 Å². The minimum atomic E-state index is -4.76. The first-order valence-corrected chi connectivity index (χ1v) is 7.00. The predicted molar refractivity (Wildman–Crippen MR) is 79.9 cm³/mol. The largest absolute Gasteiger partial charge is 0.573 e. The summed E-state index contributed by atoms with van der Waals surface area (Å²) in [5, 5.41) is 2.61. The molecule has 0 bridgehead atoms. The molecular weight excluding hydrogens is 307 g/mol. The van der Waals surface area contributed by atoms with E-state index in [0.717, 1.165) is 11.1 Å². The summed E-state index contributed by atoms with van der Waals surface area (Å²) in [7, 11) is 0. The van der Waals surface area contributed by atoms with Gasteiger partial charge in [-0.1, -0.05) is 42.5 Å². The number of halogens is 3. The molecule has 0 unspecified atom stereocenters. The van der Waals surface area contributed by atoms with E-state index in [4.69, 9.17) is 0 Å². The zero-order valence-corrected chi connectivity index (χ0v) is 12.5. The first-order valence-electron chi connectivity index (χ1n) is 7.00. The van der Waals surface area contributed by atoms with Gasteiger partial charge in [0.05, 0.1) is 6.42 Å². The van der Waals surface area contributed by atoms with Gasteiger partial charge in [-0.25, -0.2) is 0 Å². The Morgan fingerprint density at radius 2 is 1.65 bits per heavy atom. The van der Waals surface area contributed by atoms with Gasteiger partial charge in [0.25, 0.3) is 0 Å². The van der Waals surface area contributed by atoms with E-state index in [1.165, 1.54) is 18.2 Å². The fourth-order valence-corrected chi connectivity index (χ4v) is 2.11. The van der Waals surface area contributed by atoms with Gasteiger partial charge in [-0.05, 0) is 24.1 Å². The molecule has 1 amide bonds. The van der Waals surface area contributed by atoms with Gasteiger partial charge >= 0.3 is 6.36 Å². The van der Waals surface area contributed by atoms with E-state index in [9.17, 15) is 18.0 Å². The number of benzene rings is 2. The van der Waals surface area contributed by atoms with Crippen LogP contribution in [0, 0.1) is 6.92 Å². The van der Waals surface area contributed by atoms with E-state index in [1.807, 2.05) is 31.2 Å². The Kier molecular flexibility index (Phi) is 5.26. The average molecular weight is 323 g/mol. The van der Waals surface area contributed by atoms with Crippen LogP contribution in [0.5, 0.6) is 5.75 Å². The first-order chi connectivity index (χ1) is 10.8. The van der Waals surface area contributed by atoms with E-state index in [0.29, 0.717) is 0 Å². The molecule has 0 aliphatic heterocycles. The van der Waals surface area contributed by atoms with Gasteiger partial charge in [0.1, 0.15) is 5.75 Å². The second kappa shape index (κ2) is 7.17. The number of amides is 1. The van der Waals surface area contributed by atoms with Crippen LogP contribution in [-0.4, -0.2) is 12.3 Å². The van der Waals surface area contributed by atoms with E-state index in [-0.39, 0.29) is 30.2 Å². The van der Waals surface area contributed by atoms with Crippen molar-refractivity contribution in [2.45, 2.75) is 26.3 Å². The molecule has 23 heavy (non-hydrogen) atoms. The summed E-state index contributed by atoms with van der Waals surface area (Å²) in [5.74, 6) is -0.572.